The Bertz CT molecular complexity index is 782. The van der Waals surface area contributed by atoms with Crippen LogP contribution < -0.4 is 0 Å². The van der Waals surface area contributed by atoms with Gasteiger partial charge in [0.2, 0.25) is 0 Å². The van der Waals surface area contributed by atoms with Crippen molar-refractivity contribution in [3.8, 4) is 0 Å². The lowest BCUT2D eigenvalue weighted by molar-refractivity contribution is -0.0684. The molecule has 0 spiro atoms. The van der Waals surface area contributed by atoms with Crippen LogP contribution in [-0.2, 0) is 18.2 Å². The highest BCUT2D eigenvalue weighted by atomic mass is 16.5. The average molecular weight is 385 g/mol. The Morgan fingerprint density at radius 3 is 2.57 bits per heavy atom. The molecular weight excluding hydrogens is 352 g/mol. The van der Waals surface area contributed by atoms with E-state index in [4.69, 9.17) is 4.74 Å². The molecule has 152 valence electrons. The van der Waals surface area contributed by atoms with Gasteiger partial charge in [-0.25, -0.2) is 0 Å². The number of carbonyl (C=O) groups is 1. The van der Waals surface area contributed by atoms with Crippen LogP contribution in [-0.4, -0.2) is 65.4 Å². The highest BCUT2D eigenvalue weighted by Crippen LogP contribution is 2.31. The summed E-state index contributed by atoms with van der Waals surface area (Å²) in [6.07, 6.45) is 4.76. The fraction of sp³-hybridized carbons (Fsp3) is 0.545. The molecule has 0 radical (unpaired) electrons. The van der Waals surface area contributed by atoms with Crippen molar-refractivity contribution in [1.29, 1.82) is 0 Å². The number of nitrogens with zero attached hydrogens (tertiary/aromatic N) is 4. The summed E-state index contributed by atoms with van der Waals surface area (Å²) in [5, 5.41) is 4.32. The minimum absolute atomic E-state index is 0.0528. The Morgan fingerprint density at radius 2 is 2.00 bits per heavy atom. The van der Waals surface area contributed by atoms with E-state index >= 15 is 0 Å². The molecule has 0 saturated carbocycles. The van der Waals surface area contributed by atoms with Gasteiger partial charge in [0, 0.05) is 37.5 Å². The van der Waals surface area contributed by atoms with Gasteiger partial charge in [-0.3, -0.25) is 9.48 Å². The number of rotatable bonds is 6. The topological polar surface area (TPSA) is 50.6 Å². The lowest BCUT2D eigenvalue weighted by atomic mass is 9.98. The summed E-state index contributed by atoms with van der Waals surface area (Å²) in [5.41, 5.74) is 3.01. The van der Waals surface area contributed by atoms with Gasteiger partial charge in [0.1, 0.15) is 0 Å². The number of amides is 1. The zero-order chi connectivity index (χ0) is 20.3. The monoisotopic (exact) mass is 384 g/mol. The number of benzene rings is 1. The Balaban J connectivity index is 1.87. The molecule has 0 N–H and O–H groups in total. The number of likely N-dealkylation sites (N-methyl/N-ethyl adjacent to an activating group) is 1. The molecule has 1 aliphatic heterocycles. The summed E-state index contributed by atoms with van der Waals surface area (Å²) in [6, 6.07) is 7.91. The van der Waals surface area contributed by atoms with E-state index in [1.54, 1.807) is 4.68 Å². The number of aromatic nitrogens is 2. The molecule has 1 fully saturated rings. The van der Waals surface area contributed by atoms with E-state index in [2.05, 4.69) is 36.0 Å². The molecule has 2 atom stereocenters. The molecule has 3 rings (SSSR count). The van der Waals surface area contributed by atoms with Crippen LogP contribution in [0.2, 0.25) is 0 Å². The van der Waals surface area contributed by atoms with Gasteiger partial charge in [-0.05, 0) is 44.1 Å². The Labute approximate surface area is 168 Å². The first-order valence-corrected chi connectivity index (χ1v) is 10.00. The van der Waals surface area contributed by atoms with Crippen molar-refractivity contribution < 1.29 is 9.53 Å². The molecular formula is C22H32N4O2. The van der Waals surface area contributed by atoms with E-state index in [-0.39, 0.29) is 18.1 Å². The molecule has 1 saturated heterocycles. The van der Waals surface area contributed by atoms with E-state index < -0.39 is 0 Å². The van der Waals surface area contributed by atoms with E-state index in [9.17, 15) is 4.79 Å². The number of aryl methyl sites for hydroxylation is 1. The van der Waals surface area contributed by atoms with Crippen LogP contribution >= 0.6 is 0 Å². The van der Waals surface area contributed by atoms with E-state index in [0.717, 1.165) is 24.1 Å². The van der Waals surface area contributed by atoms with Crippen molar-refractivity contribution in [2.24, 2.45) is 13.0 Å². The first-order chi connectivity index (χ1) is 13.3. The third kappa shape index (κ3) is 4.80. The SMILES string of the molecule is CC(C)Cc1ccc(C(=O)N2CCO[C@@H](CN(C)C)[C@@H]2c2cnn(C)c2)cc1. The van der Waals surface area contributed by atoms with Gasteiger partial charge >= 0.3 is 0 Å². The van der Waals surface area contributed by atoms with Crippen molar-refractivity contribution in [3.05, 3.63) is 53.3 Å². The molecule has 1 aromatic carbocycles. The van der Waals surface area contributed by atoms with Crippen LogP contribution in [0.4, 0.5) is 0 Å². The quantitative estimate of drug-likeness (QED) is 0.768. The fourth-order valence-electron chi connectivity index (χ4n) is 3.88. The minimum atomic E-state index is -0.146. The van der Waals surface area contributed by atoms with Gasteiger partial charge in [0.25, 0.3) is 5.91 Å². The molecule has 2 heterocycles. The summed E-state index contributed by atoms with van der Waals surface area (Å²) in [5.74, 6) is 0.652. The number of hydrogen-bond donors (Lipinski definition) is 0. The van der Waals surface area contributed by atoms with Gasteiger partial charge in [-0.2, -0.15) is 5.10 Å². The van der Waals surface area contributed by atoms with Gasteiger partial charge in [0.05, 0.1) is 24.9 Å². The van der Waals surface area contributed by atoms with E-state index in [1.165, 1.54) is 5.56 Å². The molecule has 1 aliphatic rings. The smallest absolute Gasteiger partial charge is 0.254 e. The van der Waals surface area contributed by atoms with Crippen LogP contribution in [0.25, 0.3) is 0 Å². The number of morpholine rings is 1. The second-order valence-electron chi connectivity index (χ2n) is 8.36. The molecule has 6 heteroatoms. The van der Waals surface area contributed by atoms with Gasteiger partial charge in [0.15, 0.2) is 0 Å². The third-order valence-corrected chi connectivity index (χ3v) is 5.07. The summed E-state index contributed by atoms with van der Waals surface area (Å²) in [4.78, 5) is 17.4. The minimum Gasteiger partial charge on any atom is -0.373 e. The largest absolute Gasteiger partial charge is 0.373 e. The second kappa shape index (κ2) is 8.88. The predicted octanol–water partition coefficient (Wildman–Crippen LogP) is 2.76. The second-order valence-corrected chi connectivity index (χ2v) is 8.36. The molecule has 28 heavy (non-hydrogen) atoms. The maximum absolute atomic E-state index is 13.4. The summed E-state index contributed by atoms with van der Waals surface area (Å²) in [6.45, 7) is 6.28. The summed E-state index contributed by atoms with van der Waals surface area (Å²) >= 11 is 0. The highest BCUT2D eigenvalue weighted by Gasteiger charge is 2.37. The standard InChI is InChI=1S/C22H32N4O2/c1-16(2)12-17-6-8-18(9-7-17)22(27)26-10-11-28-20(15-24(3)4)21(26)19-13-23-25(5)14-19/h6-9,13-14,16,20-21H,10-12,15H2,1-5H3/t20-,21-/m0/s1. The zero-order valence-electron chi connectivity index (χ0n) is 17.6. The summed E-state index contributed by atoms with van der Waals surface area (Å²) < 4.78 is 7.85. The van der Waals surface area contributed by atoms with Crippen molar-refractivity contribution in [2.75, 3.05) is 33.8 Å². The number of carbonyl (C=O) groups excluding carboxylic acids is 1. The molecule has 6 nitrogen and oxygen atoms in total. The third-order valence-electron chi connectivity index (χ3n) is 5.07. The average Bonchev–Trinajstić information content (AvgIpc) is 3.06. The van der Waals surface area contributed by atoms with Gasteiger partial charge in [-0.15, -0.1) is 0 Å². The van der Waals surface area contributed by atoms with Crippen molar-refractivity contribution >= 4 is 5.91 Å². The Kier molecular flexibility index (Phi) is 6.52. The zero-order valence-corrected chi connectivity index (χ0v) is 17.6. The summed E-state index contributed by atoms with van der Waals surface area (Å²) in [7, 11) is 5.95. The molecule has 2 aromatic rings. The van der Waals surface area contributed by atoms with Crippen LogP contribution in [0.15, 0.2) is 36.7 Å². The molecule has 1 aromatic heterocycles. The molecule has 0 unspecified atom stereocenters. The maximum Gasteiger partial charge on any atom is 0.254 e. The Hall–Kier alpha value is -2.18. The highest BCUT2D eigenvalue weighted by molar-refractivity contribution is 5.94. The van der Waals surface area contributed by atoms with Gasteiger partial charge in [-0.1, -0.05) is 26.0 Å². The van der Waals surface area contributed by atoms with Gasteiger partial charge < -0.3 is 14.5 Å². The number of ether oxygens (including phenoxy) is 1. The molecule has 1 amide bonds. The first kappa shape index (κ1) is 20.6. The van der Waals surface area contributed by atoms with Crippen LogP contribution in [0.5, 0.6) is 0 Å². The van der Waals surface area contributed by atoms with Crippen LogP contribution in [0.3, 0.4) is 0 Å². The Morgan fingerprint density at radius 1 is 1.29 bits per heavy atom. The van der Waals surface area contributed by atoms with Crippen molar-refractivity contribution in [3.63, 3.8) is 0 Å². The fourth-order valence-corrected chi connectivity index (χ4v) is 3.88. The number of hydrogen-bond acceptors (Lipinski definition) is 4. The first-order valence-electron chi connectivity index (χ1n) is 10.00. The van der Waals surface area contributed by atoms with Crippen LogP contribution in [0.1, 0.15) is 41.4 Å². The normalized spacial score (nSPS) is 20.2. The predicted molar refractivity (Wildman–Crippen MR) is 110 cm³/mol. The molecule has 0 aliphatic carbocycles. The van der Waals surface area contributed by atoms with Crippen LogP contribution in [0, 0.1) is 5.92 Å². The van der Waals surface area contributed by atoms with E-state index in [0.29, 0.717) is 19.1 Å². The maximum atomic E-state index is 13.4. The van der Waals surface area contributed by atoms with E-state index in [1.807, 2.05) is 50.6 Å². The lowest BCUT2D eigenvalue weighted by Gasteiger charge is -2.41. The lowest BCUT2D eigenvalue weighted by Crippen LogP contribution is -2.51. The van der Waals surface area contributed by atoms with Crippen molar-refractivity contribution in [2.45, 2.75) is 32.4 Å². The van der Waals surface area contributed by atoms with Crippen molar-refractivity contribution in [1.82, 2.24) is 19.6 Å². The molecule has 0 bridgehead atoms.